The van der Waals surface area contributed by atoms with Crippen LogP contribution in [0.25, 0.3) is 11.3 Å². The van der Waals surface area contributed by atoms with Gasteiger partial charge in [-0.25, -0.2) is 9.97 Å². The van der Waals surface area contributed by atoms with Gasteiger partial charge in [0.1, 0.15) is 6.33 Å². The molecule has 3 rings (SSSR count). The van der Waals surface area contributed by atoms with Crippen molar-refractivity contribution in [3.05, 3.63) is 42.6 Å². The van der Waals surface area contributed by atoms with E-state index in [2.05, 4.69) is 19.9 Å². The number of ether oxygens (including phenoxy) is 1. The number of aromatic nitrogens is 3. The van der Waals surface area contributed by atoms with Crippen molar-refractivity contribution >= 4 is 5.91 Å². The zero-order valence-electron chi connectivity index (χ0n) is 13.8. The molecular weight excluding hydrogens is 306 g/mol. The molecule has 0 saturated carbocycles. The van der Waals surface area contributed by atoms with Crippen LogP contribution in [0.4, 0.5) is 0 Å². The van der Waals surface area contributed by atoms with Crippen molar-refractivity contribution in [3.8, 4) is 11.3 Å². The third-order valence-corrected chi connectivity index (χ3v) is 4.14. The standard InChI is InChI=1S/C17H21N5O2/c1-24-9-8-21-4-6-22(7-5-21)17(23)14-2-3-16(20-12-14)15-10-18-13-19-11-15/h2-3,10-13H,4-9H2,1H3. The minimum Gasteiger partial charge on any atom is -0.383 e. The van der Waals surface area contributed by atoms with E-state index in [0.29, 0.717) is 5.56 Å². The Morgan fingerprint density at radius 1 is 1.12 bits per heavy atom. The van der Waals surface area contributed by atoms with Gasteiger partial charge in [-0.15, -0.1) is 0 Å². The first kappa shape index (κ1) is 16.5. The molecule has 0 unspecified atom stereocenters. The largest absolute Gasteiger partial charge is 0.383 e. The SMILES string of the molecule is COCCN1CCN(C(=O)c2ccc(-c3cncnc3)nc2)CC1. The average molecular weight is 327 g/mol. The maximum absolute atomic E-state index is 12.6. The summed E-state index contributed by atoms with van der Waals surface area (Å²) in [5.74, 6) is 0.0322. The Kier molecular flexibility index (Phi) is 5.45. The lowest BCUT2D eigenvalue weighted by Gasteiger charge is -2.34. The summed E-state index contributed by atoms with van der Waals surface area (Å²) in [5.41, 5.74) is 2.21. The van der Waals surface area contributed by atoms with Crippen LogP contribution in [0.1, 0.15) is 10.4 Å². The molecule has 7 heteroatoms. The van der Waals surface area contributed by atoms with Gasteiger partial charge >= 0.3 is 0 Å². The lowest BCUT2D eigenvalue weighted by molar-refractivity contribution is 0.0594. The number of carbonyl (C=O) groups is 1. The van der Waals surface area contributed by atoms with Crippen molar-refractivity contribution in [1.82, 2.24) is 24.8 Å². The molecule has 0 radical (unpaired) electrons. The van der Waals surface area contributed by atoms with Crippen LogP contribution in [0.3, 0.4) is 0 Å². The second kappa shape index (κ2) is 7.94. The van der Waals surface area contributed by atoms with Crippen LogP contribution in [0.15, 0.2) is 37.1 Å². The summed E-state index contributed by atoms with van der Waals surface area (Å²) in [4.78, 5) is 29.1. The van der Waals surface area contributed by atoms with Gasteiger partial charge in [0.25, 0.3) is 5.91 Å². The summed E-state index contributed by atoms with van der Waals surface area (Å²) in [6, 6.07) is 3.65. The topological polar surface area (TPSA) is 71.5 Å². The predicted octanol–water partition coefficient (Wildman–Crippen LogP) is 0.943. The fourth-order valence-electron chi connectivity index (χ4n) is 2.70. The van der Waals surface area contributed by atoms with E-state index in [-0.39, 0.29) is 5.91 Å². The van der Waals surface area contributed by atoms with Crippen molar-refractivity contribution in [2.24, 2.45) is 0 Å². The number of hydrogen-bond acceptors (Lipinski definition) is 6. The van der Waals surface area contributed by atoms with Crippen molar-refractivity contribution < 1.29 is 9.53 Å². The minimum absolute atomic E-state index is 0.0322. The van der Waals surface area contributed by atoms with Crippen LogP contribution < -0.4 is 0 Å². The molecule has 1 fully saturated rings. The van der Waals surface area contributed by atoms with Crippen molar-refractivity contribution in [2.45, 2.75) is 0 Å². The van der Waals surface area contributed by atoms with E-state index in [0.717, 1.165) is 50.6 Å². The van der Waals surface area contributed by atoms with E-state index < -0.39 is 0 Å². The number of carbonyl (C=O) groups excluding carboxylic acids is 1. The Hall–Kier alpha value is -2.38. The molecule has 0 aromatic carbocycles. The highest BCUT2D eigenvalue weighted by Gasteiger charge is 2.22. The van der Waals surface area contributed by atoms with Crippen LogP contribution in [-0.4, -0.2) is 77.1 Å². The lowest BCUT2D eigenvalue weighted by Crippen LogP contribution is -2.49. The normalized spacial score (nSPS) is 15.5. The van der Waals surface area contributed by atoms with Gasteiger partial charge in [0.2, 0.25) is 0 Å². The zero-order chi connectivity index (χ0) is 16.8. The summed E-state index contributed by atoms with van der Waals surface area (Å²) < 4.78 is 5.10. The third-order valence-electron chi connectivity index (χ3n) is 4.14. The fraction of sp³-hybridized carbons (Fsp3) is 0.412. The molecule has 0 spiro atoms. The van der Waals surface area contributed by atoms with Gasteiger partial charge in [-0.05, 0) is 12.1 Å². The monoisotopic (exact) mass is 327 g/mol. The number of piperazine rings is 1. The van der Waals surface area contributed by atoms with Crippen molar-refractivity contribution in [3.63, 3.8) is 0 Å². The van der Waals surface area contributed by atoms with E-state index in [4.69, 9.17) is 4.74 Å². The summed E-state index contributed by atoms with van der Waals surface area (Å²) in [7, 11) is 1.71. The van der Waals surface area contributed by atoms with Crippen LogP contribution in [-0.2, 0) is 4.74 Å². The van der Waals surface area contributed by atoms with Crippen molar-refractivity contribution in [2.75, 3.05) is 46.4 Å². The molecule has 2 aromatic heterocycles. The molecule has 3 heterocycles. The highest BCUT2D eigenvalue weighted by Crippen LogP contribution is 2.15. The molecule has 0 bridgehead atoms. The maximum atomic E-state index is 12.6. The highest BCUT2D eigenvalue weighted by atomic mass is 16.5. The van der Waals surface area contributed by atoms with E-state index >= 15 is 0 Å². The zero-order valence-corrected chi connectivity index (χ0v) is 13.8. The first-order chi connectivity index (χ1) is 11.8. The number of rotatable bonds is 5. The predicted molar refractivity (Wildman–Crippen MR) is 89.5 cm³/mol. The summed E-state index contributed by atoms with van der Waals surface area (Å²) in [5, 5.41) is 0. The van der Waals surface area contributed by atoms with E-state index in [9.17, 15) is 4.79 Å². The Morgan fingerprint density at radius 2 is 1.88 bits per heavy atom. The molecular formula is C17H21N5O2. The molecule has 1 aliphatic rings. The van der Waals surface area contributed by atoms with Gasteiger partial charge < -0.3 is 9.64 Å². The summed E-state index contributed by atoms with van der Waals surface area (Å²) in [6.07, 6.45) is 6.52. The first-order valence-electron chi connectivity index (χ1n) is 8.00. The van der Waals surface area contributed by atoms with E-state index in [1.54, 1.807) is 25.7 Å². The van der Waals surface area contributed by atoms with Crippen LogP contribution >= 0.6 is 0 Å². The van der Waals surface area contributed by atoms with Crippen molar-refractivity contribution in [1.29, 1.82) is 0 Å². The lowest BCUT2D eigenvalue weighted by atomic mass is 10.1. The fourth-order valence-corrected chi connectivity index (χ4v) is 2.70. The Balaban J connectivity index is 1.60. The number of amides is 1. The van der Waals surface area contributed by atoms with Gasteiger partial charge in [-0.3, -0.25) is 14.7 Å². The van der Waals surface area contributed by atoms with E-state index in [1.807, 2.05) is 17.0 Å². The van der Waals surface area contributed by atoms with Gasteiger partial charge in [-0.1, -0.05) is 0 Å². The molecule has 0 aliphatic carbocycles. The first-order valence-corrected chi connectivity index (χ1v) is 8.00. The Bertz CT molecular complexity index is 654. The molecule has 1 amide bonds. The van der Waals surface area contributed by atoms with Gasteiger partial charge in [0.05, 0.1) is 17.9 Å². The molecule has 0 N–H and O–H groups in total. The number of methoxy groups -OCH3 is 1. The highest BCUT2D eigenvalue weighted by molar-refractivity contribution is 5.94. The van der Waals surface area contributed by atoms with Gasteiger partial charge in [-0.2, -0.15) is 0 Å². The number of pyridine rings is 1. The van der Waals surface area contributed by atoms with Gasteiger partial charge in [0, 0.05) is 64.0 Å². The smallest absolute Gasteiger partial charge is 0.255 e. The molecule has 1 saturated heterocycles. The second-order valence-electron chi connectivity index (χ2n) is 5.69. The second-order valence-corrected chi connectivity index (χ2v) is 5.69. The molecule has 24 heavy (non-hydrogen) atoms. The summed E-state index contributed by atoms with van der Waals surface area (Å²) in [6.45, 7) is 4.86. The summed E-state index contributed by atoms with van der Waals surface area (Å²) >= 11 is 0. The molecule has 2 aromatic rings. The third kappa shape index (κ3) is 3.93. The minimum atomic E-state index is 0.0322. The number of hydrogen-bond donors (Lipinski definition) is 0. The Labute approximate surface area is 141 Å². The molecule has 0 atom stereocenters. The quantitative estimate of drug-likeness (QED) is 0.814. The van der Waals surface area contributed by atoms with E-state index in [1.165, 1.54) is 6.33 Å². The van der Waals surface area contributed by atoms with Crippen LogP contribution in [0, 0.1) is 0 Å². The van der Waals surface area contributed by atoms with Crippen LogP contribution in [0.2, 0.25) is 0 Å². The molecule has 7 nitrogen and oxygen atoms in total. The molecule has 1 aliphatic heterocycles. The maximum Gasteiger partial charge on any atom is 0.255 e. The molecule has 126 valence electrons. The number of nitrogens with zero attached hydrogens (tertiary/aromatic N) is 5. The average Bonchev–Trinajstić information content (AvgIpc) is 2.67. The Morgan fingerprint density at radius 3 is 2.50 bits per heavy atom. The van der Waals surface area contributed by atoms with Crippen LogP contribution in [0.5, 0.6) is 0 Å². The van der Waals surface area contributed by atoms with Gasteiger partial charge in [0.15, 0.2) is 0 Å².